The van der Waals surface area contributed by atoms with Gasteiger partial charge in [-0.1, -0.05) is 65.9 Å². The molecule has 1 atom stereocenters. The molecule has 0 fully saturated rings. The van der Waals surface area contributed by atoms with Crippen LogP contribution in [0.15, 0.2) is 72.8 Å². The van der Waals surface area contributed by atoms with E-state index in [1.807, 2.05) is 79.7 Å². The van der Waals surface area contributed by atoms with E-state index >= 15 is 0 Å². The number of ether oxygens (including phenoxy) is 1. The molecule has 8 heteroatoms. The number of likely N-dealkylation sites (N-methyl/N-ethyl adjacent to an activating group) is 1. The normalized spacial score (nSPS) is 16.4. The summed E-state index contributed by atoms with van der Waals surface area (Å²) in [6.07, 6.45) is 0.508. The van der Waals surface area contributed by atoms with Gasteiger partial charge in [-0.15, -0.1) is 0 Å². The number of anilines is 1. The van der Waals surface area contributed by atoms with Crippen molar-refractivity contribution >= 4 is 29.1 Å². The first-order valence-electron chi connectivity index (χ1n) is 13.1. The van der Waals surface area contributed by atoms with E-state index in [-0.39, 0.29) is 24.1 Å². The van der Waals surface area contributed by atoms with E-state index in [0.717, 1.165) is 22.3 Å². The highest BCUT2D eigenvalue weighted by atomic mass is 35.5. The lowest BCUT2D eigenvalue weighted by Gasteiger charge is -2.33. The highest BCUT2D eigenvalue weighted by Crippen LogP contribution is 2.34. The molecule has 1 unspecified atom stereocenters. The lowest BCUT2D eigenvalue weighted by Crippen LogP contribution is -2.54. The Morgan fingerprint density at radius 1 is 1.00 bits per heavy atom. The van der Waals surface area contributed by atoms with Crippen molar-refractivity contribution in [1.82, 2.24) is 14.7 Å². The third-order valence-corrected chi connectivity index (χ3v) is 7.72. The van der Waals surface area contributed by atoms with Crippen LogP contribution < -0.4 is 9.64 Å². The summed E-state index contributed by atoms with van der Waals surface area (Å²) in [5, 5.41) is 5.01. The van der Waals surface area contributed by atoms with Crippen LogP contribution in [0.5, 0.6) is 5.75 Å². The first-order valence-corrected chi connectivity index (χ1v) is 13.5. The average Bonchev–Trinajstić information content (AvgIpc) is 3.22. The largest absolute Gasteiger partial charge is 0.489 e. The van der Waals surface area contributed by atoms with Crippen molar-refractivity contribution in [3.8, 4) is 17.6 Å². The summed E-state index contributed by atoms with van der Waals surface area (Å²) < 4.78 is 7.73. The van der Waals surface area contributed by atoms with Gasteiger partial charge in [-0.3, -0.25) is 9.59 Å². The summed E-state index contributed by atoms with van der Waals surface area (Å²) in [7, 11) is 1.70. The molecule has 7 nitrogen and oxygen atoms in total. The quantitative estimate of drug-likeness (QED) is 0.346. The average molecular weight is 551 g/mol. The van der Waals surface area contributed by atoms with Crippen LogP contribution in [-0.2, 0) is 17.8 Å². The van der Waals surface area contributed by atoms with Crippen LogP contribution in [0.3, 0.4) is 0 Å². The first-order chi connectivity index (χ1) is 19.4. The minimum absolute atomic E-state index is 0.0457. The molecule has 4 aromatic rings. The topological polar surface area (TPSA) is 67.7 Å². The molecule has 3 aromatic carbocycles. The number of aryl methyl sites for hydroxylation is 1. The number of hydrogen-bond acceptors (Lipinski definition) is 4. The Morgan fingerprint density at radius 2 is 1.77 bits per heavy atom. The molecule has 0 radical (unpaired) electrons. The fourth-order valence-electron chi connectivity index (χ4n) is 5.15. The van der Waals surface area contributed by atoms with Crippen molar-refractivity contribution in [3.05, 3.63) is 111 Å². The van der Waals surface area contributed by atoms with Gasteiger partial charge in [-0.2, -0.15) is 5.10 Å². The summed E-state index contributed by atoms with van der Waals surface area (Å²) in [5.74, 6) is 6.38. The fraction of sp³-hybridized carbons (Fsp3) is 0.219. The van der Waals surface area contributed by atoms with E-state index in [2.05, 4.69) is 16.9 Å². The van der Waals surface area contributed by atoms with Crippen LogP contribution in [0.25, 0.3) is 0 Å². The number of benzene rings is 3. The smallest absolute Gasteiger partial charge is 0.275 e. The second kappa shape index (κ2) is 10.6. The molecule has 200 valence electrons. The number of hydrogen-bond donors (Lipinski definition) is 0. The highest BCUT2D eigenvalue weighted by molar-refractivity contribution is 6.31. The zero-order chi connectivity index (χ0) is 27.8. The van der Waals surface area contributed by atoms with Crippen LogP contribution in [0.1, 0.15) is 38.3 Å². The Labute approximate surface area is 237 Å². The molecule has 0 bridgehead atoms. The van der Waals surface area contributed by atoms with Gasteiger partial charge in [-0.25, -0.2) is 4.68 Å². The van der Waals surface area contributed by atoms with Gasteiger partial charge in [-0.05, 0) is 54.8 Å². The number of rotatable bonds is 3. The van der Waals surface area contributed by atoms with Gasteiger partial charge in [0.25, 0.3) is 11.8 Å². The molecule has 0 aliphatic carbocycles. The molecular formula is C32H27ClN4O3. The summed E-state index contributed by atoms with van der Waals surface area (Å²) in [4.78, 5) is 30.4. The molecule has 1 aromatic heterocycles. The van der Waals surface area contributed by atoms with E-state index in [9.17, 15) is 9.59 Å². The maximum Gasteiger partial charge on any atom is 0.275 e. The van der Waals surface area contributed by atoms with Crippen molar-refractivity contribution in [3.63, 3.8) is 0 Å². The third kappa shape index (κ3) is 4.83. The molecule has 0 saturated carbocycles. The van der Waals surface area contributed by atoms with Gasteiger partial charge in [0.15, 0.2) is 5.69 Å². The second-order valence-corrected chi connectivity index (χ2v) is 10.4. The Bertz CT molecular complexity index is 1690. The number of fused-ring (bicyclic) bond motifs is 2. The predicted octanol–water partition coefficient (Wildman–Crippen LogP) is 4.72. The van der Waals surface area contributed by atoms with Gasteiger partial charge in [0.1, 0.15) is 23.6 Å². The Morgan fingerprint density at radius 3 is 2.55 bits per heavy atom. The van der Waals surface area contributed by atoms with E-state index in [0.29, 0.717) is 41.7 Å². The Kier molecular flexibility index (Phi) is 6.79. The Hall–Kier alpha value is -4.54. The lowest BCUT2D eigenvalue weighted by molar-refractivity contribution is -0.123. The maximum absolute atomic E-state index is 13.7. The molecule has 3 heterocycles. The van der Waals surface area contributed by atoms with E-state index in [4.69, 9.17) is 16.3 Å². The number of amides is 2. The van der Waals surface area contributed by atoms with Gasteiger partial charge in [0.2, 0.25) is 0 Å². The van der Waals surface area contributed by atoms with Gasteiger partial charge in [0.05, 0.1) is 12.2 Å². The molecule has 2 aliphatic rings. The number of carbonyl (C=O) groups is 2. The Balaban J connectivity index is 1.23. The maximum atomic E-state index is 13.7. The van der Waals surface area contributed by atoms with Crippen LogP contribution >= 0.6 is 11.6 Å². The van der Waals surface area contributed by atoms with Crippen LogP contribution in [0.4, 0.5) is 5.69 Å². The van der Waals surface area contributed by atoms with Crippen LogP contribution in [-0.4, -0.2) is 52.7 Å². The minimum Gasteiger partial charge on any atom is -0.489 e. The van der Waals surface area contributed by atoms with Crippen molar-refractivity contribution < 1.29 is 14.3 Å². The first kappa shape index (κ1) is 25.7. The van der Waals surface area contributed by atoms with Crippen LogP contribution in [0.2, 0.25) is 5.15 Å². The number of carbonyl (C=O) groups excluding carboxylic acids is 2. The lowest BCUT2D eigenvalue weighted by atomic mass is 10.0. The molecule has 40 heavy (non-hydrogen) atoms. The summed E-state index contributed by atoms with van der Waals surface area (Å²) in [6, 6.07) is 22.6. The molecule has 0 spiro atoms. The zero-order valence-corrected chi connectivity index (χ0v) is 23.0. The predicted molar refractivity (Wildman–Crippen MR) is 154 cm³/mol. The summed E-state index contributed by atoms with van der Waals surface area (Å²) in [5.41, 5.74) is 5.48. The van der Waals surface area contributed by atoms with Crippen molar-refractivity contribution in [2.45, 2.75) is 25.9 Å². The number of halogens is 1. The number of aromatic nitrogens is 2. The number of nitrogens with zero attached hydrogens (tertiary/aromatic N) is 4. The second-order valence-electron chi connectivity index (χ2n) is 10.0. The SMILES string of the molecule is Cc1cccc(C#Cc2ccc3c(c2)N(C)C(=O)C(N2CCc4c(nn(Cc5ccccc5)c4Cl)C2=O)CO3)c1. The van der Waals surface area contributed by atoms with E-state index < -0.39 is 6.04 Å². The van der Waals surface area contributed by atoms with Crippen molar-refractivity contribution in [1.29, 1.82) is 0 Å². The third-order valence-electron chi connectivity index (χ3n) is 7.30. The molecule has 2 aliphatic heterocycles. The summed E-state index contributed by atoms with van der Waals surface area (Å²) >= 11 is 6.64. The molecule has 2 amide bonds. The van der Waals surface area contributed by atoms with Crippen LogP contribution in [0, 0.1) is 18.8 Å². The summed E-state index contributed by atoms with van der Waals surface area (Å²) in [6.45, 7) is 2.88. The standard InChI is InChI=1S/C32H27ClN4O3/c1-21-7-6-10-22(17-21)11-12-23-13-14-28-26(18-23)35(2)31(38)27(20-40-28)36-16-15-25-29(32(36)39)34-37(30(25)33)19-24-8-4-3-5-9-24/h3-10,13-14,17-18,27H,15-16,19-20H2,1-2H3. The molecule has 0 saturated heterocycles. The molecular weight excluding hydrogens is 524 g/mol. The van der Waals surface area contributed by atoms with Gasteiger partial charge in [0, 0.05) is 30.3 Å². The zero-order valence-electron chi connectivity index (χ0n) is 22.2. The molecule has 6 rings (SSSR count). The molecule has 0 N–H and O–H groups in total. The fourth-order valence-corrected chi connectivity index (χ4v) is 5.43. The monoisotopic (exact) mass is 550 g/mol. The minimum atomic E-state index is -0.794. The highest BCUT2D eigenvalue weighted by Gasteiger charge is 2.40. The van der Waals surface area contributed by atoms with Crippen molar-refractivity contribution in [2.75, 3.05) is 25.1 Å². The van der Waals surface area contributed by atoms with E-state index in [1.54, 1.807) is 21.5 Å². The van der Waals surface area contributed by atoms with Crippen molar-refractivity contribution in [2.24, 2.45) is 0 Å². The van der Waals surface area contributed by atoms with E-state index in [1.165, 1.54) is 0 Å². The van der Waals surface area contributed by atoms with Gasteiger partial charge < -0.3 is 14.5 Å². The van der Waals surface area contributed by atoms with Gasteiger partial charge >= 0.3 is 0 Å².